The van der Waals surface area contributed by atoms with E-state index in [1.165, 1.54) is 10.6 Å². The standard InChI is InChI=1S/C19H21F3N2O2/c20-19(21,22)18(26)15-11-24(16-10-6-5-9-14(15)16)12-17(25)23-13-7-3-1-2-4-8-13/h5-6,9-11,13H,1-4,7-8,12H2,(H,23,25). The van der Waals surface area contributed by atoms with Gasteiger partial charge in [-0.05, 0) is 18.9 Å². The van der Waals surface area contributed by atoms with Crippen molar-refractivity contribution in [3.63, 3.8) is 0 Å². The first-order valence-electron chi connectivity index (χ1n) is 8.85. The minimum absolute atomic E-state index is 0.109. The van der Waals surface area contributed by atoms with E-state index in [-0.39, 0.29) is 23.9 Å². The van der Waals surface area contributed by atoms with E-state index < -0.39 is 17.5 Å². The summed E-state index contributed by atoms with van der Waals surface area (Å²) in [5, 5.41) is 3.18. The molecule has 1 aromatic carbocycles. The van der Waals surface area contributed by atoms with Gasteiger partial charge in [0.2, 0.25) is 5.91 Å². The van der Waals surface area contributed by atoms with Crippen LogP contribution in [-0.4, -0.2) is 28.5 Å². The molecular weight excluding hydrogens is 345 g/mol. The van der Waals surface area contributed by atoms with E-state index in [1.807, 2.05) is 0 Å². The summed E-state index contributed by atoms with van der Waals surface area (Å²) >= 11 is 0. The molecule has 1 aliphatic carbocycles. The van der Waals surface area contributed by atoms with Gasteiger partial charge in [-0.15, -0.1) is 0 Å². The molecule has 1 amide bonds. The molecule has 26 heavy (non-hydrogen) atoms. The number of Topliss-reactive ketones (excluding diaryl/α,β-unsaturated/α-hetero) is 1. The molecule has 0 bridgehead atoms. The van der Waals surface area contributed by atoms with Crippen LogP contribution in [0.15, 0.2) is 30.5 Å². The molecule has 4 nitrogen and oxygen atoms in total. The Morgan fingerprint density at radius 3 is 2.38 bits per heavy atom. The van der Waals surface area contributed by atoms with Crippen LogP contribution in [0.1, 0.15) is 48.9 Å². The first-order valence-corrected chi connectivity index (χ1v) is 8.85. The fourth-order valence-corrected chi connectivity index (χ4v) is 3.56. The number of para-hydroxylation sites is 1. The Hall–Kier alpha value is -2.31. The van der Waals surface area contributed by atoms with Gasteiger partial charge in [-0.1, -0.05) is 43.9 Å². The molecule has 1 saturated carbocycles. The quantitative estimate of drug-likeness (QED) is 0.650. The number of nitrogens with one attached hydrogen (secondary N) is 1. The Bertz CT molecular complexity index is 803. The second kappa shape index (κ2) is 7.51. The molecule has 1 fully saturated rings. The zero-order valence-corrected chi connectivity index (χ0v) is 14.3. The summed E-state index contributed by atoms with van der Waals surface area (Å²) in [6.45, 7) is -0.109. The Balaban J connectivity index is 1.81. The number of halogens is 3. The van der Waals surface area contributed by atoms with Gasteiger partial charge in [-0.3, -0.25) is 9.59 Å². The summed E-state index contributed by atoms with van der Waals surface area (Å²) in [5.41, 5.74) is 0.0199. The van der Waals surface area contributed by atoms with Gasteiger partial charge < -0.3 is 9.88 Å². The Morgan fingerprint density at radius 1 is 1.08 bits per heavy atom. The maximum Gasteiger partial charge on any atom is 0.454 e. The Kier molecular flexibility index (Phi) is 5.34. The van der Waals surface area contributed by atoms with Gasteiger partial charge in [0.05, 0.1) is 5.56 Å². The van der Waals surface area contributed by atoms with Crippen LogP contribution >= 0.6 is 0 Å². The normalized spacial score (nSPS) is 16.4. The number of fused-ring (bicyclic) bond motifs is 1. The van der Waals surface area contributed by atoms with Gasteiger partial charge in [-0.2, -0.15) is 13.2 Å². The zero-order chi connectivity index (χ0) is 18.7. The SMILES string of the molecule is O=C(Cn1cc(C(=O)C(F)(F)F)c2ccccc21)NC1CCCCCC1. The van der Waals surface area contributed by atoms with Crippen molar-refractivity contribution < 1.29 is 22.8 Å². The molecule has 0 saturated heterocycles. The van der Waals surface area contributed by atoms with Crippen LogP contribution in [0.3, 0.4) is 0 Å². The van der Waals surface area contributed by atoms with Crippen molar-refractivity contribution in [3.05, 3.63) is 36.0 Å². The molecule has 0 unspecified atom stereocenters. The fraction of sp³-hybridized carbons (Fsp3) is 0.474. The maximum absolute atomic E-state index is 12.8. The predicted octanol–water partition coefficient (Wildman–Crippen LogP) is 4.23. The highest BCUT2D eigenvalue weighted by Crippen LogP contribution is 2.28. The second-order valence-corrected chi connectivity index (χ2v) is 6.77. The number of amides is 1. The van der Waals surface area contributed by atoms with Crippen molar-refractivity contribution in [1.29, 1.82) is 0 Å². The Labute approximate surface area is 149 Å². The summed E-state index contributed by atoms with van der Waals surface area (Å²) in [6.07, 6.45) is 2.51. The number of benzene rings is 1. The number of alkyl halides is 3. The van der Waals surface area contributed by atoms with Crippen LogP contribution in [0.25, 0.3) is 10.9 Å². The van der Waals surface area contributed by atoms with E-state index in [1.54, 1.807) is 18.2 Å². The lowest BCUT2D eigenvalue weighted by Gasteiger charge is -2.16. The minimum atomic E-state index is -4.95. The number of carbonyl (C=O) groups is 2. The molecule has 1 N–H and O–H groups in total. The lowest BCUT2D eigenvalue weighted by atomic mass is 10.1. The third kappa shape index (κ3) is 4.08. The molecule has 0 spiro atoms. The van der Waals surface area contributed by atoms with Crippen LogP contribution in [0.4, 0.5) is 13.2 Å². The first kappa shape index (κ1) is 18.5. The van der Waals surface area contributed by atoms with E-state index in [0.29, 0.717) is 5.52 Å². The highest BCUT2D eigenvalue weighted by Gasteiger charge is 2.40. The molecule has 3 rings (SSSR count). The topological polar surface area (TPSA) is 51.1 Å². The summed E-state index contributed by atoms with van der Waals surface area (Å²) in [5.74, 6) is -2.14. The summed E-state index contributed by atoms with van der Waals surface area (Å²) in [6, 6.07) is 6.44. The average molecular weight is 366 g/mol. The van der Waals surface area contributed by atoms with Crippen molar-refractivity contribution in [2.24, 2.45) is 0 Å². The Morgan fingerprint density at radius 2 is 1.73 bits per heavy atom. The first-order chi connectivity index (χ1) is 12.4. The number of hydrogen-bond acceptors (Lipinski definition) is 2. The van der Waals surface area contributed by atoms with E-state index in [0.717, 1.165) is 44.7 Å². The van der Waals surface area contributed by atoms with Gasteiger partial charge in [0.25, 0.3) is 5.78 Å². The third-order valence-corrected chi connectivity index (χ3v) is 4.82. The highest BCUT2D eigenvalue weighted by atomic mass is 19.4. The maximum atomic E-state index is 12.8. The van der Waals surface area contributed by atoms with Crippen LogP contribution in [0, 0.1) is 0 Å². The number of nitrogens with zero attached hydrogens (tertiary/aromatic N) is 1. The van der Waals surface area contributed by atoms with E-state index in [4.69, 9.17) is 0 Å². The van der Waals surface area contributed by atoms with Gasteiger partial charge in [-0.25, -0.2) is 0 Å². The largest absolute Gasteiger partial charge is 0.454 e. The zero-order valence-electron chi connectivity index (χ0n) is 14.3. The number of hydrogen-bond donors (Lipinski definition) is 1. The van der Waals surface area contributed by atoms with E-state index >= 15 is 0 Å². The summed E-state index contributed by atoms with van der Waals surface area (Å²) in [7, 11) is 0. The number of rotatable bonds is 4. The molecule has 140 valence electrons. The monoisotopic (exact) mass is 366 g/mol. The molecular formula is C19H21F3N2O2. The average Bonchev–Trinajstić information content (AvgIpc) is 2.76. The van der Waals surface area contributed by atoms with Crippen molar-refractivity contribution in [1.82, 2.24) is 9.88 Å². The van der Waals surface area contributed by atoms with Crippen LogP contribution in [0.5, 0.6) is 0 Å². The van der Waals surface area contributed by atoms with Gasteiger partial charge in [0, 0.05) is 23.1 Å². The summed E-state index contributed by atoms with van der Waals surface area (Å²) < 4.78 is 39.9. The smallest absolute Gasteiger partial charge is 0.352 e. The van der Waals surface area contributed by atoms with Crippen LogP contribution in [0.2, 0.25) is 0 Å². The molecule has 1 heterocycles. The van der Waals surface area contributed by atoms with Crippen molar-refractivity contribution >= 4 is 22.6 Å². The van der Waals surface area contributed by atoms with Crippen LogP contribution in [-0.2, 0) is 11.3 Å². The highest BCUT2D eigenvalue weighted by molar-refractivity contribution is 6.10. The minimum Gasteiger partial charge on any atom is -0.352 e. The van der Waals surface area contributed by atoms with Crippen molar-refractivity contribution in [2.75, 3.05) is 0 Å². The van der Waals surface area contributed by atoms with E-state index in [2.05, 4.69) is 5.32 Å². The van der Waals surface area contributed by atoms with E-state index in [9.17, 15) is 22.8 Å². The van der Waals surface area contributed by atoms with Crippen molar-refractivity contribution in [2.45, 2.75) is 57.3 Å². The third-order valence-electron chi connectivity index (χ3n) is 4.82. The van der Waals surface area contributed by atoms with Gasteiger partial charge in [0.15, 0.2) is 0 Å². The fourth-order valence-electron chi connectivity index (χ4n) is 3.56. The molecule has 7 heteroatoms. The number of aromatic nitrogens is 1. The lowest BCUT2D eigenvalue weighted by molar-refractivity contribution is -0.122. The predicted molar refractivity (Wildman–Crippen MR) is 92.0 cm³/mol. The number of carbonyl (C=O) groups excluding carboxylic acids is 2. The van der Waals surface area contributed by atoms with Gasteiger partial charge in [0.1, 0.15) is 6.54 Å². The van der Waals surface area contributed by atoms with Crippen LogP contribution < -0.4 is 5.32 Å². The molecule has 2 aromatic rings. The summed E-state index contributed by atoms with van der Waals surface area (Å²) in [4.78, 5) is 24.1. The lowest BCUT2D eigenvalue weighted by Crippen LogP contribution is -2.36. The molecule has 1 aromatic heterocycles. The molecule has 0 aliphatic heterocycles. The molecule has 0 atom stereocenters. The van der Waals surface area contributed by atoms with Gasteiger partial charge >= 0.3 is 6.18 Å². The van der Waals surface area contributed by atoms with Crippen molar-refractivity contribution in [3.8, 4) is 0 Å². The molecule has 1 aliphatic rings. The second-order valence-electron chi connectivity index (χ2n) is 6.77. The number of ketones is 1. The molecule has 0 radical (unpaired) electrons.